The van der Waals surface area contributed by atoms with Gasteiger partial charge in [-0.1, -0.05) is 31.5 Å². The SMILES string of the molecule is Cc1ccnc(C)c1NS(=O)(=O)c1cc(C(C)C)ccc1Cl. The average Bonchev–Trinajstić information content (AvgIpc) is 2.43. The zero-order valence-corrected chi connectivity index (χ0v) is 14.6. The highest BCUT2D eigenvalue weighted by Crippen LogP contribution is 2.29. The van der Waals surface area contributed by atoms with Gasteiger partial charge in [0.1, 0.15) is 4.90 Å². The van der Waals surface area contributed by atoms with Crippen LogP contribution in [0.1, 0.15) is 36.6 Å². The third kappa shape index (κ3) is 3.42. The fourth-order valence-electron chi connectivity index (χ4n) is 2.12. The van der Waals surface area contributed by atoms with Crippen LogP contribution >= 0.6 is 11.6 Å². The minimum Gasteiger partial charge on any atom is -0.277 e. The van der Waals surface area contributed by atoms with Crippen LogP contribution in [0.15, 0.2) is 35.4 Å². The third-order valence-corrected chi connectivity index (χ3v) is 5.33. The number of nitrogens with one attached hydrogen (secondary N) is 1. The Kier molecular flexibility index (Phi) is 4.78. The number of halogens is 1. The van der Waals surface area contributed by atoms with Crippen molar-refractivity contribution in [3.63, 3.8) is 0 Å². The number of rotatable bonds is 4. The number of pyridine rings is 1. The van der Waals surface area contributed by atoms with Crippen LogP contribution in [0.2, 0.25) is 5.02 Å². The molecule has 4 nitrogen and oxygen atoms in total. The maximum atomic E-state index is 12.7. The molecule has 0 amide bonds. The van der Waals surface area contributed by atoms with Gasteiger partial charge < -0.3 is 0 Å². The number of aromatic nitrogens is 1. The number of hydrogen-bond donors (Lipinski definition) is 1. The van der Waals surface area contributed by atoms with Crippen molar-refractivity contribution in [1.82, 2.24) is 4.98 Å². The van der Waals surface area contributed by atoms with Gasteiger partial charge in [-0.3, -0.25) is 9.71 Å². The molecule has 1 aromatic heterocycles. The van der Waals surface area contributed by atoms with E-state index in [1.807, 2.05) is 26.8 Å². The van der Waals surface area contributed by atoms with E-state index in [9.17, 15) is 8.42 Å². The highest BCUT2D eigenvalue weighted by atomic mass is 35.5. The zero-order valence-electron chi connectivity index (χ0n) is 13.0. The second-order valence-electron chi connectivity index (χ2n) is 5.54. The summed E-state index contributed by atoms with van der Waals surface area (Å²) in [5, 5.41) is 0.205. The lowest BCUT2D eigenvalue weighted by Gasteiger charge is -2.15. The van der Waals surface area contributed by atoms with E-state index >= 15 is 0 Å². The molecule has 0 aliphatic carbocycles. The Morgan fingerprint density at radius 2 is 1.86 bits per heavy atom. The number of hydrogen-bond acceptors (Lipinski definition) is 3. The number of sulfonamides is 1. The van der Waals surface area contributed by atoms with Gasteiger partial charge in [-0.2, -0.15) is 0 Å². The van der Waals surface area contributed by atoms with Crippen molar-refractivity contribution in [2.45, 2.75) is 38.5 Å². The summed E-state index contributed by atoms with van der Waals surface area (Å²) in [6.07, 6.45) is 1.65. The summed E-state index contributed by atoms with van der Waals surface area (Å²) in [6, 6.07) is 6.84. The van der Waals surface area contributed by atoms with Gasteiger partial charge in [0.2, 0.25) is 0 Å². The summed E-state index contributed by atoms with van der Waals surface area (Å²) < 4.78 is 28.0. The van der Waals surface area contributed by atoms with Crippen molar-refractivity contribution < 1.29 is 8.42 Å². The molecule has 0 unspecified atom stereocenters. The number of aryl methyl sites for hydroxylation is 2. The molecule has 0 spiro atoms. The molecular weight excluding hydrogens is 320 g/mol. The van der Waals surface area contributed by atoms with Gasteiger partial charge in [0.15, 0.2) is 0 Å². The van der Waals surface area contributed by atoms with Gasteiger partial charge in [-0.15, -0.1) is 0 Å². The smallest absolute Gasteiger partial charge is 0.263 e. The lowest BCUT2D eigenvalue weighted by Crippen LogP contribution is -2.16. The van der Waals surface area contributed by atoms with E-state index in [1.54, 1.807) is 31.3 Å². The average molecular weight is 339 g/mol. The molecule has 22 heavy (non-hydrogen) atoms. The van der Waals surface area contributed by atoms with Gasteiger partial charge in [-0.05, 0) is 49.1 Å². The van der Waals surface area contributed by atoms with Crippen molar-refractivity contribution in [3.05, 3.63) is 52.3 Å². The molecule has 2 aromatic rings. The molecular formula is C16H19ClN2O2S. The Labute approximate surface area is 136 Å². The van der Waals surface area contributed by atoms with Crippen LogP contribution in [0.5, 0.6) is 0 Å². The lowest BCUT2D eigenvalue weighted by atomic mass is 10.0. The van der Waals surface area contributed by atoms with Crippen LogP contribution in [0.4, 0.5) is 5.69 Å². The molecule has 1 heterocycles. The summed E-state index contributed by atoms with van der Waals surface area (Å²) >= 11 is 6.10. The van der Waals surface area contributed by atoms with Crippen LogP contribution in [-0.4, -0.2) is 13.4 Å². The largest absolute Gasteiger partial charge is 0.277 e. The molecule has 1 aromatic carbocycles. The molecule has 118 valence electrons. The van der Waals surface area contributed by atoms with E-state index in [0.29, 0.717) is 11.4 Å². The number of nitrogens with zero attached hydrogens (tertiary/aromatic N) is 1. The Morgan fingerprint density at radius 3 is 2.45 bits per heavy atom. The highest BCUT2D eigenvalue weighted by molar-refractivity contribution is 7.92. The van der Waals surface area contributed by atoms with E-state index in [1.165, 1.54) is 0 Å². The molecule has 0 saturated heterocycles. The monoisotopic (exact) mass is 338 g/mol. The molecule has 0 fully saturated rings. The molecule has 0 bridgehead atoms. The topological polar surface area (TPSA) is 59.1 Å². The fraction of sp³-hybridized carbons (Fsp3) is 0.312. The first kappa shape index (κ1) is 16.8. The Balaban J connectivity index is 2.49. The molecule has 0 aliphatic heterocycles. The lowest BCUT2D eigenvalue weighted by molar-refractivity contribution is 0.601. The van der Waals surface area contributed by atoms with E-state index < -0.39 is 10.0 Å². The predicted molar refractivity (Wildman–Crippen MR) is 90.1 cm³/mol. The minimum absolute atomic E-state index is 0.0861. The van der Waals surface area contributed by atoms with Crippen molar-refractivity contribution >= 4 is 27.3 Å². The molecule has 0 radical (unpaired) electrons. The van der Waals surface area contributed by atoms with Crippen LogP contribution in [0.3, 0.4) is 0 Å². The molecule has 0 saturated carbocycles. The molecule has 0 aliphatic rings. The third-order valence-electron chi connectivity index (χ3n) is 3.50. The summed E-state index contributed by atoms with van der Waals surface area (Å²) in [4.78, 5) is 4.21. The van der Waals surface area contributed by atoms with Crippen LogP contribution in [-0.2, 0) is 10.0 Å². The zero-order chi connectivity index (χ0) is 16.5. The highest BCUT2D eigenvalue weighted by Gasteiger charge is 2.21. The second-order valence-corrected chi connectivity index (χ2v) is 7.60. The molecule has 0 atom stereocenters. The Bertz CT molecular complexity index is 782. The van der Waals surface area contributed by atoms with Gasteiger partial charge in [0.25, 0.3) is 10.0 Å². The number of benzene rings is 1. The van der Waals surface area contributed by atoms with E-state index in [4.69, 9.17) is 11.6 Å². The molecule has 6 heteroatoms. The van der Waals surface area contributed by atoms with Crippen LogP contribution in [0, 0.1) is 13.8 Å². The van der Waals surface area contributed by atoms with Gasteiger partial charge in [-0.25, -0.2) is 8.42 Å². The number of anilines is 1. The Morgan fingerprint density at radius 1 is 1.18 bits per heavy atom. The summed E-state index contributed by atoms with van der Waals surface area (Å²) in [5.41, 5.74) is 2.85. The molecule has 2 rings (SSSR count). The first-order chi connectivity index (χ1) is 10.2. The fourth-order valence-corrected chi connectivity index (χ4v) is 3.85. The van der Waals surface area contributed by atoms with Crippen molar-refractivity contribution in [2.75, 3.05) is 4.72 Å². The summed E-state index contributed by atoms with van der Waals surface area (Å²) in [7, 11) is -3.77. The standard InChI is InChI=1S/C16H19ClN2O2S/c1-10(2)13-5-6-14(17)15(9-13)22(20,21)19-16-11(3)7-8-18-12(16)4/h5-10,19H,1-4H3. The van der Waals surface area contributed by atoms with E-state index in [2.05, 4.69) is 9.71 Å². The summed E-state index contributed by atoms with van der Waals surface area (Å²) in [5.74, 6) is 0.216. The normalized spacial score (nSPS) is 11.7. The first-order valence-electron chi connectivity index (χ1n) is 6.97. The predicted octanol–water partition coefficient (Wildman–Crippen LogP) is 4.28. The maximum Gasteiger partial charge on any atom is 0.263 e. The summed E-state index contributed by atoms with van der Waals surface area (Å²) in [6.45, 7) is 7.60. The van der Waals surface area contributed by atoms with Gasteiger partial charge >= 0.3 is 0 Å². The van der Waals surface area contributed by atoms with Gasteiger partial charge in [0.05, 0.1) is 16.4 Å². The maximum absolute atomic E-state index is 12.7. The van der Waals surface area contributed by atoms with E-state index in [0.717, 1.165) is 11.1 Å². The molecule has 1 N–H and O–H groups in total. The van der Waals surface area contributed by atoms with Crippen LogP contribution < -0.4 is 4.72 Å². The minimum atomic E-state index is -3.77. The van der Waals surface area contributed by atoms with E-state index in [-0.39, 0.29) is 15.8 Å². The first-order valence-corrected chi connectivity index (χ1v) is 8.83. The Hall–Kier alpha value is -1.59. The van der Waals surface area contributed by atoms with Gasteiger partial charge in [0, 0.05) is 6.20 Å². The van der Waals surface area contributed by atoms with Crippen LogP contribution in [0.25, 0.3) is 0 Å². The second kappa shape index (κ2) is 6.26. The van der Waals surface area contributed by atoms with Crippen molar-refractivity contribution in [2.24, 2.45) is 0 Å². The van der Waals surface area contributed by atoms with Crippen molar-refractivity contribution in [1.29, 1.82) is 0 Å². The van der Waals surface area contributed by atoms with Crippen molar-refractivity contribution in [3.8, 4) is 0 Å². The quantitative estimate of drug-likeness (QED) is 0.905.